The maximum absolute atomic E-state index is 11.9. The van der Waals surface area contributed by atoms with Crippen LogP contribution in [0, 0.1) is 57.7 Å². The SMILES string of the molecule is CCCC12OC3CC4C5CCC6CC(OS(=O)(=O)O)C(OS(=O)(=O)O)C[C@]6(C)C5CC[C@]4(C)C3[C@](C)(O1)C(C[C@@]1(C(C)C)CC1C)O2. The minimum absolute atomic E-state index is 0.0192. The zero-order valence-electron chi connectivity index (χ0n) is 29.0. The summed E-state index contributed by atoms with van der Waals surface area (Å²) in [6.45, 7) is 16.1. The molecule has 0 aromatic carbocycles. The van der Waals surface area contributed by atoms with Crippen LogP contribution in [0.1, 0.15) is 119 Å². The van der Waals surface area contributed by atoms with E-state index in [4.69, 9.17) is 22.6 Å². The quantitative estimate of drug-likeness (QED) is 0.258. The fourth-order valence-electron chi connectivity index (χ4n) is 13.1. The number of hydrogen-bond donors (Lipinski definition) is 2. The molecule has 2 heterocycles. The van der Waals surface area contributed by atoms with Gasteiger partial charge in [0.25, 0.3) is 5.97 Å². The largest absolute Gasteiger partial charge is 0.397 e. The monoisotopic (exact) mass is 704 g/mol. The predicted molar refractivity (Wildman–Crippen MR) is 171 cm³/mol. The number of hydrogen-bond acceptors (Lipinski definition) is 9. The fourth-order valence-corrected chi connectivity index (χ4v) is 14.1. The van der Waals surface area contributed by atoms with Crippen LogP contribution in [0.3, 0.4) is 0 Å². The molecule has 2 bridgehead atoms. The van der Waals surface area contributed by atoms with Crippen molar-refractivity contribution in [2.75, 3.05) is 0 Å². The molecule has 11 unspecified atom stereocenters. The van der Waals surface area contributed by atoms with Crippen LogP contribution in [0.4, 0.5) is 0 Å². The lowest BCUT2D eigenvalue weighted by Gasteiger charge is -2.62. The van der Waals surface area contributed by atoms with Gasteiger partial charge in [0, 0.05) is 12.3 Å². The van der Waals surface area contributed by atoms with Crippen LogP contribution in [0.25, 0.3) is 0 Å². The van der Waals surface area contributed by atoms with Gasteiger partial charge in [-0.05, 0) is 123 Å². The van der Waals surface area contributed by atoms with Gasteiger partial charge in [0.05, 0.1) is 12.2 Å². The van der Waals surface area contributed by atoms with E-state index in [0.29, 0.717) is 30.1 Å². The molecule has 2 N–H and O–H groups in total. The van der Waals surface area contributed by atoms with Crippen molar-refractivity contribution in [1.82, 2.24) is 0 Å². The lowest BCUT2D eigenvalue weighted by Crippen LogP contribution is -2.61. The lowest BCUT2D eigenvalue weighted by molar-refractivity contribution is -0.403. The van der Waals surface area contributed by atoms with Crippen molar-refractivity contribution in [2.24, 2.45) is 57.7 Å². The second kappa shape index (κ2) is 11.1. The minimum atomic E-state index is -4.89. The Balaban J connectivity index is 1.19. The highest BCUT2D eigenvalue weighted by Gasteiger charge is 2.75. The molecule has 0 aromatic rings. The van der Waals surface area contributed by atoms with Gasteiger partial charge in [-0.2, -0.15) is 16.8 Å². The maximum Gasteiger partial charge on any atom is 0.397 e. The van der Waals surface area contributed by atoms with Crippen LogP contribution in [-0.4, -0.2) is 61.9 Å². The fraction of sp³-hybridized carbons (Fsp3) is 1.00. The standard InChI is InChI=1S/C34H56O11S2/c1-8-12-34-41-26-15-24-22-10-9-21-14-25(43-46(35,36)37)27(44-47(38,39)40)17-31(21,6)23(22)11-13-30(24,5)29(26)32(7,45-34)28(42-34)18-33(19(2)3)16-20(33)4/h19-29H,8-18H2,1-7H3,(H,35,36,37)(H,38,39,40)/t20?,21?,22?,23?,24?,25?,26?,27?,28?,29?,30-,31-,32+,33+,34?/m0/s1. The van der Waals surface area contributed by atoms with Gasteiger partial charge in [0.15, 0.2) is 0 Å². The normalized spacial score (nSPS) is 53.7. The van der Waals surface area contributed by atoms with Crippen molar-refractivity contribution in [1.29, 1.82) is 0 Å². The lowest BCUT2D eigenvalue weighted by atomic mass is 9.44. The van der Waals surface area contributed by atoms with Gasteiger partial charge in [-0.3, -0.25) is 9.11 Å². The molecule has 7 aliphatic rings. The number of ether oxygens (including phenoxy) is 3. The molecule has 0 radical (unpaired) electrons. The van der Waals surface area contributed by atoms with E-state index in [9.17, 15) is 25.9 Å². The molecule has 0 spiro atoms. The van der Waals surface area contributed by atoms with E-state index in [1.165, 1.54) is 6.42 Å². The first kappa shape index (κ1) is 35.0. The highest BCUT2D eigenvalue weighted by molar-refractivity contribution is 7.81. The van der Waals surface area contributed by atoms with Crippen molar-refractivity contribution < 1.29 is 48.5 Å². The van der Waals surface area contributed by atoms with Crippen molar-refractivity contribution >= 4 is 20.8 Å². The Hall–Kier alpha value is -0.380. The third kappa shape index (κ3) is 5.50. The van der Waals surface area contributed by atoms with Gasteiger partial charge in [-0.1, -0.05) is 41.5 Å². The summed E-state index contributed by atoms with van der Waals surface area (Å²) in [6.07, 6.45) is 6.38. The molecule has 11 nitrogen and oxygen atoms in total. The third-order valence-electron chi connectivity index (χ3n) is 15.2. The van der Waals surface area contributed by atoms with Crippen molar-refractivity contribution in [3.8, 4) is 0 Å². The molecule has 5 aliphatic carbocycles. The van der Waals surface area contributed by atoms with Crippen molar-refractivity contribution in [3.05, 3.63) is 0 Å². The van der Waals surface area contributed by atoms with Gasteiger partial charge in [0.2, 0.25) is 0 Å². The summed E-state index contributed by atoms with van der Waals surface area (Å²) in [5, 5.41) is 0. The molecule has 0 amide bonds. The summed E-state index contributed by atoms with van der Waals surface area (Å²) in [5.41, 5.74) is -0.615. The summed E-state index contributed by atoms with van der Waals surface area (Å²) in [7, 11) is -9.75. The first-order valence-electron chi connectivity index (χ1n) is 18.1. The van der Waals surface area contributed by atoms with Crippen molar-refractivity contribution in [2.45, 2.75) is 155 Å². The molecular formula is C34H56O11S2. The van der Waals surface area contributed by atoms with E-state index in [1.807, 2.05) is 0 Å². The summed E-state index contributed by atoms with van der Waals surface area (Å²) in [6, 6.07) is 0. The Morgan fingerprint density at radius 2 is 1.53 bits per heavy atom. The van der Waals surface area contributed by atoms with Gasteiger partial charge in [0.1, 0.15) is 17.8 Å². The predicted octanol–water partition coefficient (Wildman–Crippen LogP) is 6.34. The summed E-state index contributed by atoms with van der Waals surface area (Å²) in [4.78, 5) is 0. The average Bonchev–Trinajstić information content (AvgIpc) is 3.39. The van der Waals surface area contributed by atoms with E-state index < -0.39 is 44.6 Å². The van der Waals surface area contributed by atoms with Crippen LogP contribution >= 0.6 is 0 Å². The third-order valence-corrected chi connectivity index (χ3v) is 16.2. The van der Waals surface area contributed by atoms with Crippen molar-refractivity contribution in [3.63, 3.8) is 0 Å². The molecule has 2 aliphatic heterocycles. The van der Waals surface area contributed by atoms with E-state index in [2.05, 4.69) is 48.5 Å². The molecule has 7 rings (SSSR count). The summed E-state index contributed by atoms with van der Waals surface area (Å²) >= 11 is 0. The smallest absolute Gasteiger partial charge is 0.324 e. The molecule has 270 valence electrons. The Bertz CT molecular complexity index is 1470. The second-order valence-corrected chi connectivity index (χ2v) is 19.8. The summed E-state index contributed by atoms with van der Waals surface area (Å²) < 4.78 is 97.2. The molecule has 0 aromatic heterocycles. The van der Waals surface area contributed by atoms with Gasteiger partial charge in [-0.25, -0.2) is 8.37 Å². The highest BCUT2D eigenvalue weighted by atomic mass is 32.3. The Morgan fingerprint density at radius 1 is 0.872 bits per heavy atom. The zero-order chi connectivity index (χ0) is 34.2. The van der Waals surface area contributed by atoms with E-state index >= 15 is 0 Å². The molecule has 2 saturated heterocycles. The van der Waals surface area contributed by atoms with Crippen LogP contribution in [0.5, 0.6) is 0 Å². The molecule has 7 fully saturated rings. The number of rotatable bonds is 9. The second-order valence-electron chi connectivity index (χ2n) is 17.7. The van der Waals surface area contributed by atoms with E-state index in [-0.39, 0.29) is 59.0 Å². The maximum atomic E-state index is 11.9. The molecule has 5 saturated carbocycles. The van der Waals surface area contributed by atoms with Gasteiger partial charge in [-0.15, -0.1) is 0 Å². The first-order valence-corrected chi connectivity index (χ1v) is 20.8. The van der Waals surface area contributed by atoms with Crippen LogP contribution in [0.2, 0.25) is 0 Å². The van der Waals surface area contributed by atoms with Crippen LogP contribution in [0.15, 0.2) is 0 Å². The van der Waals surface area contributed by atoms with E-state index in [0.717, 1.165) is 44.9 Å². The van der Waals surface area contributed by atoms with E-state index in [1.54, 1.807) is 0 Å². The first-order chi connectivity index (χ1) is 21.7. The Morgan fingerprint density at radius 3 is 2.13 bits per heavy atom. The summed E-state index contributed by atoms with van der Waals surface area (Å²) in [5.74, 6) is 1.44. The van der Waals surface area contributed by atoms with Gasteiger partial charge >= 0.3 is 20.8 Å². The zero-order valence-corrected chi connectivity index (χ0v) is 30.6. The molecule has 15 atom stereocenters. The molecule has 47 heavy (non-hydrogen) atoms. The average molecular weight is 705 g/mol. The highest BCUT2D eigenvalue weighted by Crippen LogP contribution is 2.73. The number of fused-ring (bicyclic) bond motifs is 10. The Kier molecular flexibility index (Phi) is 8.25. The minimum Gasteiger partial charge on any atom is -0.324 e. The van der Waals surface area contributed by atoms with Gasteiger partial charge < -0.3 is 14.2 Å². The molecule has 13 heteroatoms. The Labute approximate surface area is 281 Å². The topological polar surface area (TPSA) is 155 Å². The molecular weight excluding hydrogens is 648 g/mol. The van der Waals surface area contributed by atoms with Crippen LogP contribution < -0.4 is 0 Å². The van der Waals surface area contributed by atoms with Crippen LogP contribution in [-0.2, 0) is 43.4 Å².